The summed E-state index contributed by atoms with van der Waals surface area (Å²) < 4.78 is 33.3. The summed E-state index contributed by atoms with van der Waals surface area (Å²) in [4.78, 5) is 19.1. The number of amides is 1. The van der Waals surface area contributed by atoms with E-state index in [0.717, 1.165) is 24.2 Å². The highest BCUT2D eigenvalue weighted by atomic mass is 32.2. The second-order valence-electron chi connectivity index (χ2n) is 7.47. The van der Waals surface area contributed by atoms with Gasteiger partial charge in [0.05, 0.1) is 17.9 Å². The number of aromatic nitrogens is 2. The van der Waals surface area contributed by atoms with Crippen LogP contribution in [0.15, 0.2) is 57.9 Å². The lowest BCUT2D eigenvalue weighted by Crippen LogP contribution is -2.41. The van der Waals surface area contributed by atoms with Gasteiger partial charge in [-0.05, 0) is 61.4 Å². The number of primary sulfonamides is 1. The lowest BCUT2D eigenvalue weighted by molar-refractivity contribution is -0.120. The minimum Gasteiger partial charge on any atom is -0.497 e. The maximum Gasteiger partial charge on any atom is 0.324 e. The molecule has 10 nitrogen and oxygen atoms in total. The van der Waals surface area contributed by atoms with E-state index in [4.69, 9.17) is 14.4 Å². The van der Waals surface area contributed by atoms with Crippen LogP contribution >= 0.6 is 0 Å². The molecule has 0 aliphatic carbocycles. The molecule has 0 saturated carbocycles. The van der Waals surface area contributed by atoms with Gasteiger partial charge in [0, 0.05) is 24.3 Å². The molecule has 32 heavy (non-hydrogen) atoms. The maximum atomic E-state index is 12.8. The van der Waals surface area contributed by atoms with Crippen molar-refractivity contribution in [3.05, 3.63) is 48.5 Å². The van der Waals surface area contributed by atoms with E-state index in [1.807, 2.05) is 29.2 Å². The number of piperidine rings is 1. The maximum absolute atomic E-state index is 12.8. The van der Waals surface area contributed by atoms with Gasteiger partial charge in [-0.2, -0.15) is 4.98 Å². The van der Waals surface area contributed by atoms with Gasteiger partial charge in [0.2, 0.25) is 21.8 Å². The van der Waals surface area contributed by atoms with Gasteiger partial charge in [0.1, 0.15) is 5.75 Å². The van der Waals surface area contributed by atoms with Crippen LogP contribution in [0, 0.1) is 5.92 Å². The van der Waals surface area contributed by atoms with Crippen molar-refractivity contribution in [3.8, 4) is 17.1 Å². The Hall–Kier alpha value is -3.44. The molecule has 1 fully saturated rings. The number of sulfonamides is 1. The third-order valence-electron chi connectivity index (χ3n) is 5.28. The highest BCUT2D eigenvalue weighted by Crippen LogP contribution is 2.26. The van der Waals surface area contributed by atoms with Gasteiger partial charge in [0.25, 0.3) is 0 Å². The van der Waals surface area contributed by atoms with Crippen molar-refractivity contribution in [2.75, 3.05) is 30.4 Å². The van der Waals surface area contributed by atoms with Gasteiger partial charge < -0.3 is 19.5 Å². The molecule has 3 aromatic rings. The minimum absolute atomic E-state index is 0.0107. The fraction of sp³-hybridized carbons (Fsp3) is 0.286. The lowest BCUT2D eigenvalue weighted by atomic mass is 9.97. The molecule has 0 bridgehead atoms. The molecule has 2 aromatic carbocycles. The van der Waals surface area contributed by atoms with E-state index in [1.54, 1.807) is 7.11 Å². The van der Waals surface area contributed by atoms with E-state index in [-0.39, 0.29) is 16.7 Å². The molecule has 4 rings (SSSR count). The molecule has 0 spiro atoms. The number of methoxy groups -OCH3 is 1. The number of nitrogens with one attached hydrogen (secondary N) is 1. The summed E-state index contributed by atoms with van der Waals surface area (Å²) in [6, 6.07) is 13.4. The van der Waals surface area contributed by atoms with Crippen LogP contribution in [0.5, 0.6) is 5.75 Å². The average molecular weight is 458 g/mol. The number of nitrogens with two attached hydrogens (primary N) is 1. The summed E-state index contributed by atoms with van der Waals surface area (Å²) in [7, 11) is -2.18. The van der Waals surface area contributed by atoms with Crippen LogP contribution in [0.2, 0.25) is 0 Å². The quantitative estimate of drug-likeness (QED) is 0.574. The summed E-state index contributed by atoms with van der Waals surface area (Å²) in [5.41, 5.74) is 1.30. The topological polar surface area (TPSA) is 141 Å². The highest BCUT2D eigenvalue weighted by Gasteiger charge is 2.29. The first-order chi connectivity index (χ1) is 15.3. The Morgan fingerprint density at radius 2 is 1.91 bits per heavy atom. The summed E-state index contributed by atoms with van der Waals surface area (Å²) in [6.45, 7) is 1.14. The van der Waals surface area contributed by atoms with E-state index < -0.39 is 10.0 Å². The molecule has 2 heterocycles. The van der Waals surface area contributed by atoms with Gasteiger partial charge in [0.15, 0.2) is 0 Å². The van der Waals surface area contributed by atoms with Crippen LogP contribution < -0.4 is 20.1 Å². The van der Waals surface area contributed by atoms with Crippen LogP contribution in [-0.4, -0.2) is 44.7 Å². The molecule has 1 aliphatic rings. The predicted octanol–water partition coefficient (Wildman–Crippen LogP) is 2.25. The zero-order valence-corrected chi connectivity index (χ0v) is 18.2. The molecular formula is C21H23N5O5S. The summed E-state index contributed by atoms with van der Waals surface area (Å²) in [5.74, 6) is 0.761. The zero-order chi connectivity index (χ0) is 22.7. The number of rotatable bonds is 6. The molecular weight excluding hydrogens is 434 g/mol. The van der Waals surface area contributed by atoms with Crippen LogP contribution in [0.25, 0.3) is 11.4 Å². The molecule has 1 saturated heterocycles. The van der Waals surface area contributed by atoms with E-state index in [9.17, 15) is 13.2 Å². The number of anilines is 2. The normalized spacial score (nSPS) is 16.6. The van der Waals surface area contributed by atoms with Crippen molar-refractivity contribution in [1.29, 1.82) is 0 Å². The molecule has 3 N–H and O–H groups in total. The second kappa shape index (κ2) is 8.97. The summed E-state index contributed by atoms with van der Waals surface area (Å²) >= 11 is 0. The summed E-state index contributed by atoms with van der Waals surface area (Å²) in [5, 5.41) is 12.0. The van der Waals surface area contributed by atoms with Crippen molar-refractivity contribution < 1.29 is 22.5 Å². The number of nitrogens with zero attached hydrogens (tertiary/aromatic N) is 3. The monoisotopic (exact) mass is 457 g/mol. The molecule has 1 atom stereocenters. The van der Waals surface area contributed by atoms with E-state index in [0.29, 0.717) is 30.6 Å². The number of hydrogen-bond acceptors (Lipinski definition) is 8. The Morgan fingerprint density at radius 3 is 2.56 bits per heavy atom. The van der Waals surface area contributed by atoms with Crippen molar-refractivity contribution in [3.63, 3.8) is 0 Å². The van der Waals surface area contributed by atoms with Crippen molar-refractivity contribution in [1.82, 2.24) is 10.1 Å². The van der Waals surface area contributed by atoms with Crippen molar-refractivity contribution in [2.24, 2.45) is 11.1 Å². The standard InChI is InChI=1S/C21H23N5O5S/c1-30-17-8-4-14(5-9-17)19-24-21(31-25-19)26-12-2-3-15(13-26)20(27)23-16-6-10-18(11-7-16)32(22,28)29/h4-11,15H,2-3,12-13H2,1H3,(H,23,27)(H2,22,28,29)/t15-/m1/s1. The Bertz CT molecular complexity index is 1190. The number of carbonyl (C=O) groups excluding carboxylic acids is 1. The fourth-order valence-corrected chi connectivity index (χ4v) is 4.05. The third-order valence-corrected chi connectivity index (χ3v) is 6.21. The molecule has 11 heteroatoms. The van der Waals surface area contributed by atoms with E-state index in [1.165, 1.54) is 24.3 Å². The molecule has 1 amide bonds. The van der Waals surface area contributed by atoms with Crippen LogP contribution in [-0.2, 0) is 14.8 Å². The van der Waals surface area contributed by atoms with Gasteiger partial charge in [-0.1, -0.05) is 5.16 Å². The largest absolute Gasteiger partial charge is 0.497 e. The smallest absolute Gasteiger partial charge is 0.324 e. The lowest BCUT2D eigenvalue weighted by Gasteiger charge is -2.30. The second-order valence-corrected chi connectivity index (χ2v) is 9.03. The number of benzene rings is 2. The number of ether oxygens (including phenoxy) is 1. The van der Waals surface area contributed by atoms with Gasteiger partial charge in [-0.15, -0.1) is 0 Å². The highest BCUT2D eigenvalue weighted by molar-refractivity contribution is 7.89. The first-order valence-electron chi connectivity index (χ1n) is 10.0. The Kier molecular flexibility index (Phi) is 6.10. The number of hydrogen-bond donors (Lipinski definition) is 2. The van der Waals surface area contributed by atoms with Crippen molar-refractivity contribution in [2.45, 2.75) is 17.7 Å². The Labute approximate surface area is 185 Å². The van der Waals surface area contributed by atoms with Gasteiger partial charge in [-0.25, -0.2) is 13.6 Å². The SMILES string of the molecule is COc1ccc(-c2noc(N3CCC[C@@H](C(=O)Nc4ccc(S(N)(=O)=O)cc4)C3)n2)cc1. The molecule has 0 unspecified atom stereocenters. The molecule has 0 radical (unpaired) electrons. The third kappa shape index (κ3) is 4.89. The molecule has 1 aliphatic heterocycles. The van der Waals surface area contributed by atoms with E-state index in [2.05, 4.69) is 15.5 Å². The van der Waals surface area contributed by atoms with Crippen molar-refractivity contribution >= 4 is 27.6 Å². The van der Waals surface area contributed by atoms with Crippen LogP contribution in [0.3, 0.4) is 0 Å². The minimum atomic E-state index is -3.78. The van der Waals surface area contributed by atoms with E-state index >= 15 is 0 Å². The summed E-state index contributed by atoms with van der Waals surface area (Å²) in [6.07, 6.45) is 1.51. The Morgan fingerprint density at radius 1 is 1.19 bits per heavy atom. The first-order valence-corrected chi connectivity index (χ1v) is 11.5. The Balaban J connectivity index is 1.41. The predicted molar refractivity (Wildman–Crippen MR) is 118 cm³/mol. The van der Waals surface area contributed by atoms with Gasteiger partial charge >= 0.3 is 6.01 Å². The first kappa shape index (κ1) is 21.8. The number of carbonyl (C=O) groups is 1. The zero-order valence-electron chi connectivity index (χ0n) is 17.4. The van der Waals surface area contributed by atoms with Crippen LogP contribution in [0.4, 0.5) is 11.7 Å². The molecule has 1 aromatic heterocycles. The van der Waals surface area contributed by atoms with Gasteiger partial charge in [-0.3, -0.25) is 4.79 Å². The van der Waals surface area contributed by atoms with Crippen LogP contribution in [0.1, 0.15) is 12.8 Å². The average Bonchev–Trinajstić information content (AvgIpc) is 3.29. The molecule has 168 valence electrons. The fourth-order valence-electron chi connectivity index (χ4n) is 3.54.